The molecule has 0 spiro atoms. The molecule has 102 valence electrons. The Kier molecular flexibility index (Phi) is 5.46. The minimum Gasteiger partial charge on any atom is -0.390 e. The first-order valence-corrected chi connectivity index (χ1v) is 5.52. The highest BCUT2D eigenvalue weighted by Gasteiger charge is 2.22. The van der Waals surface area contributed by atoms with E-state index in [4.69, 9.17) is 17.1 Å². The fourth-order valence-corrected chi connectivity index (χ4v) is 1.53. The number of aliphatic hydroxyl groups excluding tert-OH is 2. The van der Waals surface area contributed by atoms with Crippen LogP contribution in [0.5, 0.6) is 0 Å². The second kappa shape index (κ2) is 6.86. The van der Waals surface area contributed by atoms with Crippen LogP contribution in [0.3, 0.4) is 0 Å². The van der Waals surface area contributed by atoms with E-state index in [2.05, 4.69) is 15.0 Å². The molecule has 0 bridgehead atoms. The first-order valence-electron chi connectivity index (χ1n) is 5.14. The lowest BCUT2D eigenvalue weighted by Gasteiger charge is -2.16. The first kappa shape index (κ1) is 15.1. The summed E-state index contributed by atoms with van der Waals surface area (Å²) in [6.45, 7) is -0.00214. The SMILES string of the molecule is [N-]=[N+]=NCCC(O)C(O)c1cnc(Cl)c([N+](=O)[O-])c1. The topological polar surface area (TPSA) is 145 Å². The van der Waals surface area contributed by atoms with Gasteiger partial charge in [-0.15, -0.1) is 0 Å². The van der Waals surface area contributed by atoms with Gasteiger partial charge in [-0.05, 0) is 12.0 Å². The Bertz CT molecular complexity index is 519. The van der Waals surface area contributed by atoms with Crippen molar-refractivity contribution in [2.75, 3.05) is 6.54 Å². The number of azide groups is 1. The second-order valence-electron chi connectivity index (χ2n) is 3.59. The molecule has 0 amide bonds. The monoisotopic (exact) mass is 287 g/mol. The summed E-state index contributed by atoms with van der Waals surface area (Å²) in [7, 11) is 0. The van der Waals surface area contributed by atoms with Gasteiger partial charge in [0, 0.05) is 29.3 Å². The van der Waals surface area contributed by atoms with Gasteiger partial charge < -0.3 is 10.2 Å². The molecule has 19 heavy (non-hydrogen) atoms. The zero-order valence-electron chi connectivity index (χ0n) is 9.55. The summed E-state index contributed by atoms with van der Waals surface area (Å²) in [6, 6.07) is 1.04. The lowest BCUT2D eigenvalue weighted by Crippen LogP contribution is -2.19. The molecule has 0 fully saturated rings. The average Bonchev–Trinajstić information content (AvgIpc) is 2.38. The van der Waals surface area contributed by atoms with Gasteiger partial charge in [0.05, 0.1) is 11.0 Å². The van der Waals surface area contributed by atoms with Gasteiger partial charge in [-0.1, -0.05) is 16.7 Å². The third kappa shape index (κ3) is 4.04. The Balaban J connectivity index is 2.87. The fourth-order valence-electron chi connectivity index (χ4n) is 1.36. The number of rotatable bonds is 6. The van der Waals surface area contributed by atoms with Gasteiger partial charge in [0.2, 0.25) is 5.15 Å². The molecule has 0 saturated carbocycles. The normalized spacial score (nSPS) is 13.4. The highest BCUT2D eigenvalue weighted by Crippen LogP contribution is 2.27. The lowest BCUT2D eigenvalue weighted by atomic mass is 10.0. The van der Waals surface area contributed by atoms with Crippen LogP contribution in [0, 0.1) is 10.1 Å². The minimum absolute atomic E-state index is 0.00214. The van der Waals surface area contributed by atoms with Crippen LogP contribution in [0.2, 0.25) is 5.15 Å². The molecule has 10 heteroatoms. The van der Waals surface area contributed by atoms with Gasteiger partial charge in [0.1, 0.15) is 6.10 Å². The molecule has 1 aromatic rings. The van der Waals surface area contributed by atoms with Crippen LogP contribution >= 0.6 is 11.6 Å². The summed E-state index contributed by atoms with van der Waals surface area (Å²) in [4.78, 5) is 16.0. The molecule has 9 nitrogen and oxygen atoms in total. The quantitative estimate of drug-likeness (QED) is 0.204. The Labute approximate surface area is 112 Å². The smallest absolute Gasteiger partial charge is 0.306 e. The van der Waals surface area contributed by atoms with Crippen LogP contribution in [0.25, 0.3) is 10.4 Å². The van der Waals surface area contributed by atoms with Crippen LogP contribution < -0.4 is 0 Å². The van der Waals surface area contributed by atoms with E-state index in [1.54, 1.807) is 0 Å². The van der Waals surface area contributed by atoms with Crippen molar-refractivity contribution in [3.8, 4) is 0 Å². The summed E-state index contributed by atoms with van der Waals surface area (Å²) < 4.78 is 0. The van der Waals surface area contributed by atoms with Crippen molar-refractivity contribution in [2.24, 2.45) is 5.11 Å². The third-order valence-electron chi connectivity index (χ3n) is 2.33. The maximum Gasteiger partial charge on any atom is 0.306 e. The van der Waals surface area contributed by atoms with Crippen molar-refractivity contribution < 1.29 is 15.1 Å². The summed E-state index contributed by atoms with van der Waals surface area (Å²) >= 11 is 5.53. The maximum atomic E-state index is 10.7. The van der Waals surface area contributed by atoms with E-state index in [-0.39, 0.29) is 23.7 Å². The van der Waals surface area contributed by atoms with E-state index < -0.39 is 22.8 Å². The van der Waals surface area contributed by atoms with E-state index in [0.717, 1.165) is 12.3 Å². The number of pyridine rings is 1. The van der Waals surface area contributed by atoms with Gasteiger partial charge >= 0.3 is 5.69 Å². The summed E-state index contributed by atoms with van der Waals surface area (Å²) in [5, 5.41) is 33.0. The number of aromatic nitrogens is 1. The Morgan fingerprint density at radius 2 is 2.32 bits per heavy atom. The summed E-state index contributed by atoms with van der Waals surface area (Å²) in [5.74, 6) is 0. The molecule has 2 N–H and O–H groups in total. The molecular weight excluding hydrogens is 278 g/mol. The molecule has 2 atom stereocenters. The van der Waals surface area contributed by atoms with E-state index >= 15 is 0 Å². The maximum absolute atomic E-state index is 10.7. The van der Waals surface area contributed by atoms with Crippen molar-refractivity contribution in [3.05, 3.63) is 43.5 Å². The van der Waals surface area contributed by atoms with Crippen LogP contribution in [0.4, 0.5) is 5.69 Å². The van der Waals surface area contributed by atoms with E-state index in [0.29, 0.717) is 0 Å². The Hall–Kier alpha value is -1.93. The fraction of sp³-hybridized carbons (Fsp3) is 0.444. The van der Waals surface area contributed by atoms with Gasteiger partial charge in [0.15, 0.2) is 0 Å². The highest BCUT2D eigenvalue weighted by atomic mass is 35.5. The van der Waals surface area contributed by atoms with Crippen molar-refractivity contribution in [1.29, 1.82) is 0 Å². The third-order valence-corrected chi connectivity index (χ3v) is 2.62. The molecule has 2 unspecified atom stereocenters. The standard InChI is InChI=1S/C9H10ClN5O4/c10-9-6(15(18)19)3-5(4-12-9)8(17)7(16)1-2-13-14-11/h3-4,7-8,16-17H,1-2H2. The molecule has 1 rings (SSSR count). The van der Waals surface area contributed by atoms with Gasteiger partial charge in [-0.2, -0.15) is 0 Å². The molecule has 1 heterocycles. The van der Waals surface area contributed by atoms with E-state index in [9.17, 15) is 20.3 Å². The van der Waals surface area contributed by atoms with Gasteiger partial charge in [-0.25, -0.2) is 4.98 Å². The number of nitrogens with zero attached hydrogens (tertiary/aromatic N) is 5. The van der Waals surface area contributed by atoms with E-state index in [1.807, 2.05) is 0 Å². The van der Waals surface area contributed by atoms with Crippen LogP contribution in [0.1, 0.15) is 18.1 Å². The molecule has 0 aliphatic heterocycles. The molecule has 1 aromatic heterocycles. The minimum atomic E-state index is -1.38. The molecule has 0 aliphatic rings. The number of aliphatic hydroxyl groups is 2. The largest absolute Gasteiger partial charge is 0.390 e. The van der Waals surface area contributed by atoms with Crippen molar-refractivity contribution in [3.63, 3.8) is 0 Å². The number of hydrogen-bond acceptors (Lipinski definition) is 6. The molecule has 0 radical (unpaired) electrons. The highest BCUT2D eigenvalue weighted by molar-refractivity contribution is 6.31. The number of nitro groups is 1. The first-order chi connectivity index (χ1) is 8.97. The Morgan fingerprint density at radius 1 is 1.63 bits per heavy atom. The van der Waals surface area contributed by atoms with Crippen molar-refractivity contribution in [2.45, 2.75) is 18.6 Å². The van der Waals surface area contributed by atoms with Gasteiger partial charge in [0.25, 0.3) is 0 Å². The van der Waals surface area contributed by atoms with Gasteiger partial charge in [-0.3, -0.25) is 10.1 Å². The molecule has 0 saturated heterocycles. The zero-order chi connectivity index (χ0) is 14.4. The van der Waals surface area contributed by atoms with Crippen LogP contribution in [0.15, 0.2) is 17.4 Å². The zero-order valence-corrected chi connectivity index (χ0v) is 10.3. The number of halogens is 1. The lowest BCUT2D eigenvalue weighted by molar-refractivity contribution is -0.385. The van der Waals surface area contributed by atoms with Crippen molar-refractivity contribution in [1.82, 2.24) is 4.98 Å². The predicted octanol–water partition coefficient (Wildman–Crippen LogP) is 1.74. The van der Waals surface area contributed by atoms with E-state index in [1.165, 1.54) is 0 Å². The molecule has 0 aromatic carbocycles. The predicted molar refractivity (Wildman–Crippen MR) is 65.5 cm³/mol. The number of hydrogen-bond donors (Lipinski definition) is 2. The molecular formula is C9H10ClN5O4. The van der Waals surface area contributed by atoms with Crippen LogP contribution in [-0.2, 0) is 0 Å². The van der Waals surface area contributed by atoms with Crippen LogP contribution in [-0.4, -0.2) is 32.8 Å². The van der Waals surface area contributed by atoms with Crippen molar-refractivity contribution >= 4 is 17.3 Å². The summed E-state index contributed by atoms with van der Waals surface area (Å²) in [5.41, 5.74) is 7.68. The molecule has 0 aliphatic carbocycles. The summed E-state index contributed by atoms with van der Waals surface area (Å²) in [6.07, 6.45) is -1.45. The average molecular weight is 288 g/mol. The Morgan fingerprint density at radius 3 is 2.89 bits per heavy atom. The second-order valence-corrected chi connectivity index (χ2v) is 3.95.